The van der Waals surface area contributed by atoms with E-state index in [0.29, 0.717) is 11.8 Å². The third kappa shape index (κ3) is 4.49. The maximum atomic E-state index is 13.6. The molecule has 11 heteroatoms. The predicted octanol–water partition coefficient (Wildman–Crippen LogP) is 2.60. The molecule has 1 saturated heterocycles. The van der Waals surface area contributed by atoms with Gasteiger partial charge < -0.3 is 10.2 Å². The smallest absolute Gasteiger partial charge is 0.351 e. The minimum atomic E-state index is -4.82. The molecular weight excluding hydrogens is 409 g/mol. The molecule has 4 rings (SSSR count). The molecule has 2 aliphatic carbocycles. The number of hydrogen-bond acceptors (Lipinski definition) is 6. The van der Waals surface area contributed by atoms with Crippen molar-refractivity contribution in [2.24, 2.45) is 11.8 Å². The Kier molecular flexibility index (Phi) is 5.81. The van der Waals surface area contributed by atoms with Gasteiger partial charge in [-0.25, -0.2) is 18.4 Å². The zero-order chi connectivity index (χ0) is 20.1. The lowest BCUT2D eigenvalue weighted by Crippen LogP contribution is -2.44. The van der Waals surface area contributed by atoms with Crippen LogP contribution in [0.1, 0.15) is 49.2 Å². The zero-order valence-corrected chi connectivity index (χ0v) is 15.9. The Bertz CT molecular complexity index is 877. The van der Waals surface area contributed by atoms with E-state index in [1.807, 2.05) is 0 Å². The number of nitrogens with one attached hydrogen (secondary N) is 1. The maximum absolute atomic E-state index is 13.6. The largest absolute Gasteiger partial charge is 0.434 e. The fourth-order valence-electron chi connectivity index (χ4n) is 4.50. The fraction of sp³-hybridized carbons (Fsp3) is 0.722. The minimum absolute atomic E-state index is 0. The van der Waals surface area contributed by atoms with Gasteiger partial charge in [0.1, 0.15) is 0 Å². The molecule has 2 heterocycles. The second-order valence-corrected chi connectivity index (χ2v) is 10.1. The first kappa shape index (κ1) is 21.8. The fourth-order valence-corrected chi connectivity index (χ4v) is 5.70. The Morgan fingerprint density at radius 1 is 1.17 bits per heavy atom. The molecule has 162 valence electrons. The van der Waals surface area contributed by atoms with E-state index in [9.17, 15) is 26.4 Å². The first-order valence-electron chi connectivity index (χ1n) is 9.33. The first-order chi connectivity index (χ1) is 13.1. The SMILES string of the molecule is C.O=C(c1cnc(N[C@@H]2C[C@H]3CC[C@@H]2C3)nc1C(F)(F)F)N1CCS(=O)(=O)CC1. The van der Waals surface area contributed by atoms with E-state index >= 15 is 0 Å². The Morgan fingerprint density at radius 3 is 2.41 bits per heavy atom. The lowest BCUT2D eigenvalue weighted by Gasteiger charge is -2.27. The quantitative estimate of drug-likeness (QED) is 0.786. The van der Waals surface area contributed by atoms with Crippen molar-refractivity contribution < 1.29 is 26.4 Å². The van der Waals surface area contributed by atoms with Gasteiger partial charge in [0.05, 0.1) is 17.1 Å². The summed E-state index contributed by atoms with van der Waals surface area (Å²) in [5, 5.41) is 3.01. The van der Waals surface area contributed by atoms with Crippen molar-refractivity contribution in [1.29, 1.82) is 0 Å². The van der Waals surface area contributed by atoms with Crippen LogP contribution in [-0.2, 0) is 16.0 Å². The van der Waals surface area contributed by atoms with Gasteiger partial charge in [0.15, 0.2) is 15.5 Å². The van der Waals surface area contributed by atoms with E-state index in [4.69, 9.17) is 0 Å². The second kappa shape index (κ2) is 7.73. The number of carbonyl (C=O) groups is 1. The summed E-state index contributed by atoms with van der Waals surface area (Å²) in [7, 11) is -3.25. The van der Waals surface area contributed by atoms with Crippen molar-refractivity contribution in [3.05, 3.63) is 17.5 Å². The van der Waals surface area contributed by atoms with Crippen molar-refractivity contribution in [3.63, 3.8) is 0 Å². The number of halogens is 3. The van der Waals surface area contributed by atoms with Crippen LogP contribution in [0.15, 0.2) is 6.20 Å². The Balaban J connectivity index is 0.00000240. The van der Waals surface area contributed by atoms with Gasteiger partial charge in [-0.1, -0.05) is 13.8 Å². The molecule has 1 aromatic heterocycles. The monoisotopic (exact) mass is 434 g/mol. The standard InChI is InChI=1S/C17H21F3N4O3S.CH4/c18-17(19,20)14-12(15(25)24-3-5-28(26,27)6-4-24)9-21-16(23-14)22-13-8-10-1-2-11(13)7-10;/h9-11,13H,1-8H2,(H,21,22,23);1H4/t10-,11+,13+;/m0./s1. The van der Waals surface area contributed by atoms with E-state index in [-0.39, 0.29) is 44.0 Å². The lowest BCUT2D eigenvalue weighted by molar-refractivity contribution is -0.141. The van der Waals surface area contributed by atoms with Gasteiger partial charge in [-0.2, -0.15) is 13.2 Å². The topological polar surface area (TPSA) is 92.3 Å². The molecule has 0 spiro atoms. The average Bonchev–Trinajstić information content (AvgIpc) is 3.23. The molecule has 1 aromatic rings. The number of fused-ring (bicyclic) bond motifs is 2. The van der Waals surface area contributed by atoms with E-state index in [1.54, 1.807) is 0 Å². The van der Waals surface area contributed by atoms with Gasteiger partial charge in [0.2, 0.25) is 5.95 Å². The Hall–Kier alpha value is -1.91. The van der Waals surface area contributed by atoms with Crippen molar-refractivity contribution in [3.8, 4) is 0 Å². The number of hydrogen-bond donors (Lipinski definition) is 1. The van der Waals surface area contributed by atoms with Crippen LogP contribution in [-0.4, -0.2) is 59.8 Å². The molecule has 2 bridgehead atoms. The summed E-state index contributed by atoms with van der Waals surface area (Å²) in [6.07, 6.45) is 0.285. The molecule has 3 atom stereocenters. The lowest BCUT2D eigenvalue weighted by atomic mass is 9.95. The van der Waals surface area contributed by atoms with Gasteiger partial charge >= 0.3 is 6.18 Å². The van der Waals surface area contributed by atoms with Gasteiger partial charge in [-0.3, -0.25) is 4.79 Å². The third-order valence-corrected chi connectivity index (χ3v) is 7.58. The second-order valence-electron chi connectivity index (χ2n) is 7.82. The summed E-state index contributed by atoms with van der Waals surface area (Å²) >= 11 is 0. The minimum Gasteiger partial charge on any atom is -0.351 e. The highest BCUT2D eigenvalue weighted by Gasteiger charge is 2.42. The number of carbonyl (C=O) groups excluding carboxylic acids is 1. The molecule has 0 aromatic carbocycles. The molecule has 0 radical (unpaired) electrons. The van der Waals surface area contributed by atoms with Crippen LogP contribution in [0.2, 0.25) is 0 Å². The van der Waals surface area contributed by atoms with Crippen molar-refractivity contribution >= 4 is 21.7 Å². The molecular formula is C18H25F3N4O3S. The van der Waals surface area contributed by atoms with Crippen LogP contribution in [0.25, 0.3) is 0 Å². The van der Waals surface area contributed by atoms with Crippen LogP contribution < -0.4 is 5.32 Å². The highest BCUT2D eigenvalue weighted by Crippen LogP contribution is 2.45. The molecule has 2 saturated carbocycles. The van der Waals surface area contributed by atoms with Crippen LogP contribution >= 0.6 is 0 Å². The number of rotatable bonds is 3. The first-order valence-corrected chi connectivity index (χ1v) is 11.1. The zero-order valence-electron chi connectivity index (χ0n) is 15.1. The Morgan fingerprint density at radius 2 is 1.86 bits per heavy atom. The molecule has 29 heavy (non-hydrogen) atoms. The van der Waals surface area contributed by atoms with E-state index in [2.05, 4.69) is 15.3 Å². The third-order valence-electron chi connectivity index (χ3n) is 5.97. The number of alkyl halides is 3. The highest BCUT2D eigenvalue weighted by atomic mass is 32.2. The van der Waals surface area contributed by atoms with Gasteiger partial charge in [0, 0.05) is 25.3 Å². The van der Waals surface area contributed by atoms with E-state index < -0.39 is 33.2 Å². The van der Waals surface area contributed by atoms with Crippen LogP contribution in [0.5, 0.6) is 0 Å². The molecule has 3 aliphatic rings. The summed E-state index contributed by atoms with van der Waals surface area (Å²) in [6, 6.07) is 0.0636. The number of anilines is 1. The summed E-state index contributed by atoms with van der Waals surface area (Å²) in [4.78, 5) is 21.3. The van der Waals surface area contributed by atoms with E-state index in [1.165, 1.54) is 0 Å². The van der Waals surface area contributed by atoms with Gasteiger partial charge in [-0.05, 0) is 31.1 Å². The van der Waals surface area contributed by atoms with Crippen LogP contribution in [0.3, 0.4) is 0 Å². The maximum Gasteiger partial charge on any atom is 0.434 e. The molecule has 1 amide bonds. The normalized spacial score (nSPS) is 28.1. The number of sulfone groups is 1. The molecule has 7 nitrogen and oxygen atoms in total. The molecule has 1 N–H and O–H groups in total. The molecule has 0 unspecified atom stereocenters. The summed E-state index contributed by atoms with van der Waals surface area (Å²) in [6.45, 7) is -0.271. The van der Waals surface area contributed by atoms with E-state index in [0.717, 1.165) is 36.8 Å². The molecule has 1 aliphatic heterocycles. The van der Waals surface area contributed by atoms with Gasteiger partial charge in [-0.15, -0.1) is 0 Å². The number of nitrogens with zero attached hydrogens (tertiary/aromatic N) is 3. The van der Waals surface area contributed by atoms with Crippen molar-refractivity contribution in [2.75, 3.05) is 29.9 Å². The number of aromatic nitrogens is 2. The average molecular weight is 434 g/mol. The number of amides is 1. The Labute approximate surface area is 168 Å². The van der Waals surface area contributed by atoms with Crippen LogP contribution in [0, 0.1) is 11.8 Å². The summed E-state index contributed by atoms with van der Waals surface area (Å²) in [5.74, 6) is -0.493. The summed E-state index contributed by atoms with van der Waals surface area (Å²) in [5.41, 5.74) is -1.93. The summed E-state index contributed by atoms with van der Waals surface area (Å²) < 4.78 is 63.7. The highest BCUT2D eigenvalue weighted by molar-refractivity contribution is 7.91. The van der Waals surface area contributed by atoms with Crippen molar-refractivity contribution in [2.45, 2.75) is 45.3 Å². The van der Waals surface area contributed by atoms with Gasteiger partial charge in [0.25, 0.3) is 5.91 Å². The van der Waals surface area contributed by atoms with Crippen LogP contribution in [0.4, 0.5) is 19.1 Å². The predicted molar refractivity (Wildman–Crippen MR) is 101 cm³/mol. The van der Waals surface area contributed by atoms with Crippen molar-refractivity contribution in [1.82, 2.24) is 14.9 Å². The molecule has 3 fully saturated rings.